The topological polar surface area (TPSA) is 69.6 Å². The number of aromatic hydroxyl groups is 1. The van der Waals surface area contributed by atoms with E-state index < -0.39 is 0 Å². The molecule has 6 nitrogen and oxygen atoms in total. The molecule has 138 valence electrons. The quantitative estimate of drug-likeness (QED) is 0.914. The van der Waals surface area contributed by atoms with Gasteiger partial charge in [-0.3, -0.25) is 4.79 Å². The number of carbonyl (C=O) groups is 1. The SMILES string of the molecule is Cc1cc(N2CCN(C(=O)Cc3ccc(O)cc3)CC2)nc(C(C)C)n1. The van der Waals surface area contributed by atoms with E-state index in [4.69, 9.17) is 4.98 Å². The van der Waals surface area contributed by atoms with E-state index in [1.807, 2.05) is 17.9 Å². The van der Waals surface area contributed by atoms with E-state index in [2.05, 4.69) is 23.7 Å². The van der Waals surface area contributed by atoms with Gasteiger partial charge >= 0.3 is 0 Å². The second-order valence-corrected chi connectivity index (χ2v) is 7.09. The number of aromatic nitrogens is 2. The normalized spacial score (nSPS) is 14.8. The Kier molecular flexibility index (Phi) is 5.40. The first-order chi connectivity index (χ1) is 12.4. The molecular formula is C20H26N4O2. The summed E-state index contributed by atoms with van der Waals surface area (Å²) >= 11 is 0. The number of carbonyl (C=O) groups excluding carboxylic acids is 1. The average molecular weight is 354 g/mol. The van der Waals surface area contributed by atoms with Crippen molar-refractivity contribution in [2.75, 3.05) is 31.1 Å². The van der Waals surface area contributed by atoms with E-state index in [-0.39, 0.29) is 11.7 Å². The van der Waals surface area contributed by atoms with Crippen molar-refractivity contribution in [3.8, 4) is 5.75 Å². The third kappa shape index (κ3) is 4.31. The highest BCUT2D eigenvalue weighted by atomic mass is 16.3. The second-order valence-electron chi connectivity index (χ2n) is 7.09. The highest BCUT2D eigenvalue weighted by Crippen LogP contribution is 2.19. The van der Waals surface area contributed by atoms with Crippen LogP contribution in [-0.4, -0.2) is 52.1 Å². The molecule has 1 fully saturated rings. The second kappa shape index (κ2) is 7.72. The van der Waals surface area contributed by atoms with Gasteiger partial charge in [-0.2, -0.15) is 0 Å². The minimum absolute atomic E-state index is 0.122. The van der Waals surface area contributed by atoms with Crippen molar-refractivity contribution in [2.45, 2.75) is 33.1 Å². The van der Waals surface area contributed by atoms with Crippen LogP contribution in [-0.2, 0) is 11.2 Å². The molecule has 1 aliphatic rings. The van der Waals surface area contributed by atoms with Crippen LogP contribution in [0.15, 0.2) is 30.3 Å². The highest BCUT2D eigenvalue weighted by Gasteiger charge is 2.22. The van der Waals surface area contributed by atoms with Gasteiger partial charge in [-0.1, -0.05) is 26.0 Å². The maximum atomic E-state index is 12.5. The fourth-order valence-electron chi connectivity index (χ4n) is 3.08. The maximum Gasteiger partial charge on any atom is 0.227 e. The van der Waals surface area contributed by atoms with Crippen LogP contribution in [0.4, 0.5) is 5.82 Å². The zero-order valence-electron chi connectivity index (χ0n) is 15.6. The molecule has 6 heteroatoms. The zero-order chi connectivity index (χ0) is 18.7. The summed E-state index contributed by atoms with van der Waals surface area (Å²) in [5, 5.41) is 9.34. The van der Waals surface area contributed by atoms with E-state index in [9.17, 15) is 9.90 Å². The summed E-state index contributed by atoms with van der Waals surface area (Å²) in [5.41, 5.74) is 1.90. The van der Waals surface area contributed by atoms with E-state index in [1.165, 1.54) is 0 Å². The van der Waals surface area contributed by atoms with Gasteiger partial charge in [0.25, 0.3) is 0 Å². The monoisotopic (exact) mass is 354 g/mol. The minimum Gasteiger partial charge on any atom is -0.508 e. The van der Waals surface area contributed by atoms with Crippen LogP contribution in [0.5, 0.6) is 5.75 Å². The molecule has 1 aromatic heterocycles. The van der Waals surface area contributed by atoms with Crippen LogP contribution in [0.25, 0.3) is 0 Å². The fraction of sp³-hybridized carbons (Fsp3) is 0.450. The summed E-state index contributed by atoms with van der Waals surface area (Å²) in [6, 6.07) is 8.83. The van der Waals surface area contributed by atoms with Gasteiger partial charge < -0.3 is 14.9 Å². The Balaban J connectivity index is 1.60. The molecule has 2 aromatic rings. The molecule has 1 amide bonds. The maximum absolute atomic E-state index is 12.5. The van der Waals surface area contributed by atoms with Gasteiger partial charge in [0.2, 0.25) is 5.91 Å². The Bertz CT molecular complexity index is 766. The molecule has 1 N–H and O–H groups in total. The van der Waals surface area contributed by atoms with Gasteiger partial charge in [0.05, 0.1) is 6.42 Å². The summed E-state index contributed by atoms with van der Waals surface area (Å²) in [6.07, 6.45) is 0.365. The highest BCUT2D eigenvalue weighted by molar-refractivity contribution is 5.79. The molecule has 0 bridgehead atoms. The Morgan fingerprint density at radius 2 is 1.77 bits per heavy atom. The summed E-state index contributed by atoms with van der Waals surface area (Å²) in [5.74, 6) is 2.45. The predicted octanol–water partition coefficient (Wildman–Crippen LogP) is 2.51. The fourth-order valence-corrected chi connectivity index (χ4v) is 3.08. The first-order valence-corrected chi connectivity index (χ1v) is 9.08. The molecule has 2 heterocycles. The summed E-state index contributed by atoms with van der Waals surface area (Å²) in [7, 11) is 0. The van der Waals surface area contributed by atoms with Crippen LogP contribution >= 0.6 is 0 Å². The van der Waals surface area contributed by atoms with Crippen LogP contribution < -0.4 is 4.90 Å². The summed E-state index contributed by atoms with van der Waals surface area (Å²) in [4.78, 5) is 25.8. The van der Waals surface area contributed by atoms with Crippen LogP contribution in [0, 0.1) is 6.92 Å². The number of amides is 1. The average Bonchev–Trinajstić information content (AvgIpc) is 2.63. The van der Waals surface area contributed by atoms with E-state index >= 15 is 0 Å². The molecule has 0 radical (unpaired) electrons. The largest absolute Gasteiger partial charge is 0.508 e. The Morgan fingerprint density at radius 3 is 2.38 bits per heavy atom. The number of anilines is 1. The van der Waals surface area contributed by atoms with Crippen molar-refractivity contribution >= 4 is 11.7 Å². The smallest absolute Gasteiger partial charge is 0.227 e. The van der Waals surface area contributed by atoms with Crippen molar-refractivity contribution < 1.29 is 9.90 Å². The van der Waals surface area contributed by atoms with E-state index in [0.29, 0.717) is 25.4 Å². The molecule has 0 spiro atoms. The lowest BCUT2D eigenvalue weighted by Gasteiger charge is -2.35. The number of benzene rings is 1. The van der Waals surface area contributed by atoms with Gasteiger partial charge in [0, 0.05) is 43.9 Å². The van der Waals surface area contributed by atoms with Gasteiger partial charge in [-0.05, 0) is 24.6 Å². The van der Waals surface area contributed by atoms with Crippen molar-refractivity contribution in [3.63, 3.8) is 0 Å². The van der Waals surface area contributed by atoms with Gasteiger partial charge in [0.1, 0.15) is 17.4 Å². The lowest BCUT2D eigenvalue weighted by molar-refractivity contribution is -0.130. The lowest BCUT2D eigenvalue weighted by Crippen LogP contribution is -2.49. The molecule has 26 heavy (non-hydrogen) atoms. The van der Waals surface area contributed by atoms with Crippen molar-refractivity contribution in [1.29, 1.82) is 0 Å². The predicted molar refractivity (Wildman–Crippen MR) is 101 cm³/mol. The number of nitrogens with zero attached hydrogens (tertiary/aromatic N) is 4. The third-order valence-corrected chi connectivity index (χ3v) is 4.62. The van der Waals surface area contributed by atoms with Crippen molar-refractivity contribution in [2.24, 2.45) is 0 Å². The Labute approximate surface area is 154 Å². The van der Waals surface area contributed by atoms with Crippen molar-refractivity contribution in [3.05, 3.63) is 47.4 Å². The third-order valence-electron chi connectivity index (χ3n) is 4.62. The molecule has 1 aliphatic heterocycles. The first kappa shape index (κ1) is 18.2. The number of phenols is 1. The molecule has 0 aliphatic carbocycles. The van der Waals surface area contributed by atoms with Gasteiger partial charge in [-0.15, -0.1) is 0 Å². The molecule has 0 unspecified atom stereocenters. The molecule has 3 rings (SSSR count). The number of hydrogen-bond donors (Lipinski definition) is 1. The zero-order valence-corrected chi connectivity index (χ0v) is 15.6. The number of piperazine rings is 1. The van der Waals surface area contributed by atoms with Crippen LogP contribution in [0.3, 0.4) is 0 Å². The number of phenolic OH excluding ortho intramolecular Hbond substituents is 1. The first-order valence-electron chi connectivity index (χ1n) is 9.08. The molecule has 1 aromatic carbocycles. The van der Waals surface area contributed by atoms with Gasteiger partial charge in [-0.25, -0.2) is 9.97 Å². The van der Waals surface area contributed by atoms with E-state index in [1.54, 1.807) is 24.3 Å². The molecular weight excluding hydrogens is 328 g/mol. The molecule has 1 saturated heterocycles. The van der Waals surface area contributed by atoms with Gasteiger partial charge in [0.15, 0.2) is 0 Å². The van der Waals surface area contributed by atoms with Crippen molar-refractivity contribution in [1.82, 2.24) is 14.9 Å². The summed E-state index contributed by atoms with van der Waals surface area (Å²) < 4.78 is 0. The summed E-state index contributed by atoms with van der Waals surface area (Å²) in [6.45, 7) is 9.12. The lowest BCUT2D eigenvalue weighted by atomic mass is 10.1. The molecule has 0 atom stereocenters. The Hall–Kier alpha value is -2.63. The standard InChI is InChI=1S/C20H26N4O2/c1-14(2)20-21-15(3)12-18(22-20)23-8-10-24(11-9-23)19(26)13-16-4-6-17(25)7-5-16/h4-7,12,14,25H,8-11,13H2,1-3H3. The number of aryl methyl sites for hydroxylation is 1. The number of hydrogen-bond acceptors (Lipinski definition) is 5. The van der Waals surface area contributed by atoms with Crippen LogP contribution in [0.1, 0.15) is 36.8 Å². The van der Waals surface area contributed by atoms with Crippen LogP contribution in [0.2, 0.25) is 0 Å². The molecule has 0 saturated carbocycles. The number of rotatable bonds is 4. The Morgan fingerprint density at radius 1 is 1.12 bits per heavy atom. The van der Waals surface area contributed by atoms with E-state index in [0.717, 1.165) is 36.0 Å². The minimum atomic E-state index is 0.122.